The fourth-order valence-electron chi connectivity index (χ4n) is 1.96. The van der Waals surface area contributed by atoms with Crippen LogP contribution >= 0.6 is 0 Å². The Morgan fingerprint density at radius 3 is 2.65 bits per heavy atom. The van der Waals surface area contributed by atoms with E-state index in [0.717, 1.165) is 13.0 Å². The van der Waals surface area contributed by atoms with Crippen LogP contribution in [0.1, 0.15) is 20.3 Å². The number of rotatable bonds is 6. The van der Waals surface area contributed by atoms with Crippen molar-refractivity contribution in [1.29, 1.82) is 0 Å². The minimum absolute atomic E-state index is 0.0494. The second-order valence-corrected chi connectivity index (χ2v) is 4.47. The first-order valence-electron chi connectivity index (χ1n) is 6.78. The van der Waals surface area contributed by atoms with Gasteiger partial charge in [-0.15, -0.1) is 0 Å². The number of nitrogens with one attached hydrogen (secondary N) is 2. The maximum absolute atomic E-state index is 11.9. The number of ether oxygens (including phenoxy) is 1. The van der Waals surface area contributed by atoms with Gasteiger partial charge in [0.1, 0.15) is 6.04 Å². The number of likely N-dealkylation sites (tertiary alicyclic amines) is 1. The highest BCUT2D eigenvalue weighted by Crippen LogP contribution is 2.16. The third-order valence-corrected chi connectivity index (χ3v) is 2.95. The third kappa shape index (κ3) is 3.25. The summed E-state index contributed by atoms with van der Waals surface area (Å²) in [5.74, 6) is 0.841. The molecular weight excluding hydrogens is 260 g/mol. The Morgan fingerprint density at radius 1 is 1.30 bits per heavy atom. The zero-order valence-electron chi connectivity index (χ0n) is 12.0. The standard InChI is InChI=1S/C12H20N6O2/c1-4-13-10-15-11(17-12(16-10)20-5-2)14-8-6-7-18(3)9(8)19/h8H,4-7H2,1-3H3,(H2,13,14,15,16,17). The molecule has 1 unspecified atom stereocenters. The summed E-state index contributed by atoms with van der Waals surface area (Å²) in [6, 6.07) is -0.0360. The number of amides is 1. The van der Waals surface area contributed by atoms with Crippen LogP contribution < -0.4 is 15.4 Å². The lowest BCUT2D eigenvalue weighted by Crippen LogP contribution is -2.31. The van der Waals surface area contributed by atoms with Crippen molar-refractivity contribution in [2.75, 3.05) is 37.4 Å². The smallest absolute Gasteiger partial charge is 0.323 e. The van der Waals surface area contributed by atoms with Crippen molar-refractivity contribution in [2.24, 2.45) is 0 Å². The van der Waals surface area contributed by atoms with Crippen molar-refractivity contribution in [3.63, 3.8) is 0 Å². The normalized spacial score (nSPS) is 18.2. The van der Waals surface area contributed by atoms with Crippen molar-refractivity contribution in [3.05, 3.63) is 0 Å². The van der Waals surface area contributed by atoms with Crippen LogP contribution in [0.2, 0.25) is 0 Å². The molecule has 1 fully saturated rings. The zero-order valence-corrected chi connectivity index (χ0v) is 12.0. The quantitative estimate of drug-likeness (QED) is 0.776. The SMILES string of the molecule is CCNc1nc(NC2CCN(C)C2=O)nc(OCC)n1. The monoisotopic (exact) mass is 280 g/mol. The van der Waals surface area contributed by atoms with Gasteiger partial charge in [-0.1, -0.05) is 0 Å². The van der Waals surface area contributed by atoms with Crippen LogP contribution in [0.5, 0.6) is 6.01 Å². The number of likely N-dealkylation sites (N-methyl/N-ethyl adjacent to an activating group) is 1. The minimum Gasteiger partial charge on any atom is -0.464 e. The first-order valence-corrected chi connectivity index (χ1v) is 6.78. The van der Waals surface area contributed by atoms with Crippen LogP contribution in [-0.2, 0) is 4.79 Å². The fraction of sp³-hybridized carbons (Fsp3) is 0.667. The lowest BCUT2D eigenvalue weighted by molar-refractivity contribution is -0.127. The Labute approximate surface area is 118 Å². The van der Waals surface area contributed by atoms with Gasteiger partial charge in [-0.3, -0.25) is 4.79 Å². The topological polar surface area (TPSA) is 92.3 Å². The maximum atomic E-state index is 11.9. The molecule has 2 N–H and O–H groups in total. The Hall–Kier alpha value is -2.12. The Bertz CT molecular complexity index is 457. The fourth-order valence-corrected chi connectivity index (χ4v) is 1.96. The van der Waals surface area contributed by atoms with Gasteiger partial charge in [0, 0.05) is 20.1 Å². The summed E-state index contributed by atoms with van der Waals surface area (Å²) in [5.41, 5.74) is 0. The molecular formula is C12H20N6O2. The van der Waals surface area contributed by atoms with E-state index in [2.05, 4.69) is 25.6 Å². The number of hydrogen-bond donors (Lipinski definition) is 2. The Balaban J connectivity index is 2.15. The molecule has 8 nitrogen and oxygen atoms in total. The molecule has 0 radical (unpaired) electrons. The van der Waals surface area contributed by atoms with E-state index in [-0.39, 0.29) is 18.0 Å². The molecule has 2 rings (SSSR count). The summed E-state index contributed by atoms with van der Waals surface area (Å²) in [6.07, 6.45) is 0.738. The summed E-state index contributed by atoms with van der Waals surface area (Å²) >= 11 is 0. The molecule has 20 heavy (non-hydrogen) atoms. The first-order chi connectivity index (χ1) is 9.63. The molecule has 1 aliphatic rings. The van der Waals surface area contributed by atoms with Crippen LogP contribution in [-0.4, -0.2) is 58.5 Å². The molecule has 0 aromatic carbocycles. The van der Waals surface area contributed by atoms with Crippen molar-refractivity contribution in [2.45, 2.75) is 26.3 Å². The highest BCUT2D eigenvalue weighted by molar-refractivity contribution is 5.86. The summed E-state index contributed by atoms with van der Waals surface area (Å²) < 4.78 is 5.31. The number of hydrogen-bond acceptors (Lipinski definition) is 7. The van der Waals surface area contributed by atoms with E-state index in [1.165, 1.54) is 0 Å². The molecule has 1 atom stereocenters. The van der Waals surface area contributed by atoms with Crippen LogP contribution in [0.25, 0.3) is 0 Å². The van der Waals surface area contributed by atoms with Gasteiger partial charge in [0.2, 0.25) is 17.8 Å². The molecule has 0 aliphatic carbocycles. The molecule has 1 aliphatic heterocycles. The zero-order chi connectivity index (χ0) is 14.5. The number of carbonyl (C=O) groups is 1. The predicted octanol–water partition coefficient (Wildman–Crippen LogP) is 0.345. The van der Waals surface area contributed by atoms with Gasteiger partial charge in [0.05, 0.1) is 6.61 Å². The Morgan fingerprint density at radius 2 is 2.05 bits per heavy atom. The highest BCUT2D eigenvalue weighted by atomic mass is 16.5. The summed E-state index contributed by atoms with van der Waals surface area (Å²) in [7, 11) is 1.78. The van der Waals surface area contributed by atoms with Gasteiger partial charge < -0.3 is 20.3 Å². The van der Waals surface area contributed by atoms with Crippen LogP contribution in [0.4, 0.5) is 11.9 Å². The van der Waals surface area contributed by atoms with E-state index in [1.807, 2.05) is 13.8 Å². The van der Waals surface area contributed by atoms with Gasteiger partial charge in [0.15, 0.2) is 0 Å². The molecule has 8 heteroatoms. The minimum atomic E-state index is -0.286. The van der Waals surface area contributed by atoms with E-state index in [0.29, 0.717) is 25.0 Å². The predicted molar refractivity (Wildman–Crippen MR) is 74.8 cm³/mol. The maximum Gasteiger partial charge on any atom is 0.323 e. The lowest BCUT2D eigenvalue weighted by Gasteiger charge is -2.13. The van der Waals surface area contributed by atoms with Crippen LogP contribution in [0, 0.1) is 0 Å². The second-order valence-electron chi connectivity index (χ2n) is 4.47. The molecule has 0 spiro atoms. The molecule has 1 aromatic heterocycles. The van der Waals surface area contributed by atoms with E-state index in [1.54, 1.807) is 11.9 Å². The number of anilines is 2. The average Bonchev–Trinajstić information content (AvgIpc) is 2.71. The van der Waals surface area contributed by atoms with Gasteiger partial charge in [-0.05, 0) is 20.3 Å². The van der Waals surface area contributed by atoms with Gasteiger partial charge >= 0.3 is 6.01 Å². The van der Waals surface area contributed by atoms with Crippen LogP contribution in [0.3, 0.4) is 0 Å². The van der Waals surface area contributed by atoms with E-state index in [9.17, 15) is 4.79 Å². The summed E-state index contributed by atoms with van der Waals surface area (Å²) in [4.78, 5) is 26.1. The van der Waals surface area contributed by atoms with Crippen LogP contribution in [0.15, 0.2) is 0 Å². The second kappa shape index (κ2) is 6.36. The largest absolute Gasteiger partial charge is 0.464 e. The number of nitrogens with zero attached hydrogens (tertiary/aromatic N) is 4. The number of aromatic nitrogens is 3. The van der Waals surface area contributed by atoms with E-state index < -0.39 is 0 Å². The van der Waals surface area contributed by atoms with Gasteiger partial charge in [-0.2, -0.15) is 15.0 Å². The highest BCUT2D eigenvalue weighted by Gasteiger charge is 2.29. The molecule has 1 aromatic rings. The van der Waals surface area contributed by atoms with Gasteiger partial charge in [-0.25, -0.2) is 0 Å². The van der Waals surface area contributed by atoms with Crippen molar-refractivity contribution < 1.29 is 9.53 Å². The van der Waals surface area contributed by atoms with E-state index >= 15 is 0 Å². The van der Waals surface area contributed by atoms with Crippen molar-refractivity contribution in [1.82, 2.24) is 19.9 Å². The first kappa shape index (κ1) is 14.3. The molecule has 0 saturated carbocycles. The third-order valence-electron chi connectivity index (χ3n) is 2.95. The molecule has 1 amide bonds. The van der Waals surface area contributed by atoms with E-state index in [4.69, 9.17) is 4.74 Å². The molecule has 2 heterocycles. The van der Waals surface area contributed by atoms with Gasteiger partial charge in [0.25, 0.3) is 0 Å². The number of carbonyl (C=O) groups excluding carboxylic acids is 1. The molecule has 1 saturated heterocycles. The molecule has 110 valence electrons. The lowest BCUT2D eigenvalue weighted by atomic mass is 10.2. The van der Waals surface area contributed by atoms with Crippen molar-refractivity contribution >= 4 is 17.8 Å². The summed E-state index contributed by atoms with van der Waals surface area (Å²) in [6.45, 7) is 5.71. The average molecular weight is 280 g/mol. The molecule has 0 bridgehead atoms. The van der Waals surface area contributed by atoms with Crippen molar-refractivity contribution in [3.8, 4) is 6.01 Å². The summed E-state index contributed by atoms with van der Waals surface area (Å²) in [5, 5.41) is 6.06. The Kier molecular flexibility index (Phi) is 4.54.